The molecule has 3 unspecified atom stereocenters. The van der Waals surface area contributed by atoms with E-state index in [0.717, 1.165) is 149 Å². The number of nitrogen functional groups attached to an aromatic ring is 3. The van der Waals surface area contributed by atoms with Gasteiger partial charge in [-0.3, -0.25) is 24.2 Å². The second-order valence-electron chi connectivity index (χ2n) is 33.4. The number of hydrogen-bond donors (Lipinski definition) is 4. The minimum absolute atomic E-state index is 0.00324. The van der Waals surface area contributed by atoms with Gasteiger partial charge in [-0.15, -0.1) is 0 Å². The van der Waals surface area contributed by atoms with Crippen LogP contribution in [0.25, 0.3) is 66.9 Å². The quantitative estimate of drug-likeness (QED) is 0.0408. The van der Waals surface area contributed by atoms with Crippen LogP contribution in [0, 0.1) is 0 Å². The number of likely N-dealkylation sites (N-methyl/N-ethyl adjacent to an activating group) is 2. The van der Waals surface area contributed by atoms with E-state index in [1.807, 2.05) is 211 Å². The highest BCUT2D eigenvalue weighted by Gasteiger charge is 2.34. The van der Waals surface area contributed by atoms with E-state index in [2.05, 4.69) is 59.1 Å². The van der Waals surface area contributed by atoms with Crippen LogP contribution in [0.1, 0.15) is 147 Å². The predicted octanol–water partition coefficient (Wildman–Crippen LogP) is 16.8. The van der Waals surface area contributed by atoms with Crippen molar-refractivity contribution in [3.8, 4) is 68.3 Å². The molecule has 3 atom stereocenters. The highest BCUT2D eigenvalue weighted by Crippen LogP contribution is 2.40. The molecule has 6 aromatic heterocycles. The third-order valence-corrected chi connectivity index (χ3v) is 24.9. The zero-order chi connectivity index (χ0) is 85.1. The van der Waals surface area contributed by atoms with Gasteiger partial charge < -0.3 is 51.4 Å². The molecular weight excluding hydrogens is 1560 g/mol. The summed E-state index contributed by atoms with van der Waals surface area (Å²) in [5.41, 5.74) is 26.0. The lowest BCUT2D eigenvalue weighted by Crippen LogP contribution is -2.40. The smallest absolute Gasteiger partial charge is 0.246 e. The van der Waals surface area contributed by atoms with Gasteiger partial charge in [-0.25, -0.2) is 43.9 Å². The molecule has 0 radical (unpaired) electrons. The van der Waals surface area contributed by atoms with Crippen LogP contribution in [0.4, 0.5) is 17.5 Å². The van der Waals surface area contributed by atoms with Gasteiger partial charge in [-0.1, -0.05) is 131 Å². The number of nitrogens with one attached hydrogen (secondary N) is 1. The lowest BCUT2D eigenvalue weighted by Gasteiger charge is -2.32. The zero-order valence-electron chi connectivity index (χ0n) is 71.0. The number of anilines is 3. The van der Waals surface area contributed by atoms with Crippen molar-refractivity contribution >= 4 is 68.3 Å². The van der Waals surface area contributed by atoms with E-state index in [0.29, 0.717) is 78.7 Å². The number of piperidine rings is 2. The maximum Gasteiger partial charge on any atom is 0.246 e. The van der Waals surface area contributed by atoms with Gasteiger partial charge in [0.2, 0.25) is 17.7 Å². The average molecular weight is 1670 g/mol. The second-order valence-corrected chi connectivity index (χ2v) is 33.4. The Labute approximate surface area is 724 Å². The Hall–Kier alpha value is -12.7. The first-order valence-electron chi connectivity index (χ1n) is 44.2. The lowest BCUT2D eigenvalue weighted by molar-refractivity contribution is -0.128. The monoisotopic (exact) mass is 1670 g/mol. The van der Waals surface area contributed by atoms with Crippen molar-refractivity contribution in [2.75, 3.05) is 90.2 Å². The molecule has 27 nitrogen and oxygen atoms in total. The number of likely N-dealkylation sites (tertiary alicyclic amines) is 3. The maximum atomic E-state index is 13.2. The van der Waals surface area contributed by atoms with Crippen molar-refractivity contribution in [1.29, 1.82) is 0 Å². The van der Waals surface area contributed by atoms with Crippen molar-refractivity contribution in [2.45, 2.75) is 165 Å². The fourth-order valence-electron chi connectivity index (χ4n) is 18.1. The molecular formula is C97H113N21O6. The van der Waals surface area contributed by atoms with Gasteiger partial charge in [0.15, 0.2) is 16.9 Å². The van der Waals surface area contributed by atoms with Crippen LogP contribution in [0.2, 0.25) is 0 Å². The molecule has 642 valence electrons. The van der Waals surface area contributed by atoms with E-state index in [-0.39, 0.29) is 35.8 Å². The molecule has 3 saturated heterocycles. The topological polar surface area (TPSA) is 316 Å². The summed E-state index contributed by atoms with van der Waals surface area (Å²) in [6.45, 7) is 6.20. The van der Waals surface area contributed by atoms with E-state index in [1.165, 1.54) is 115 Å². The standard InChI is InChI=1S/C33H39N7O2.2C32H37N7O2/c1-38(25-10-4-2-5-11-25)20-9-15-29(41)39-21-8-12-26(22-39)40-33-30(32(34)35-23-36-33)31(37-40)24-16-18-28(19-17-24)42-27-13-6-3-7-14-27;1-37(24-9-4-2-5-10-24)19-8-13-28(40)38-20-18-25(21-38)39-32-29(31(33)34-22-35-32)30(36-39)23-14-16-27(17-15-23)41-26-11-6-3-7-12-26;33-31-29-30(23-15-17-27(18-16-23)41-26-12-5-2-6-13-26)37-39(32(29)36-22-35-31)25-11-8-20-38(21-25)28(40)14-7-19-34-24-9-3-1-4-10-24/h3,6-7,9,13-19,23,25-26H,2,4-5,8,10-12,20-22H2,1H3,(H2,34,35,36);3,6-8,11-17,22,24-25H,2,4-5,9-10,18-21H2,1H3,(H2,33,34,35);2,5-7,12-18,22,24-25,34H,1,3-4,8-11,19-21H2,(H2,33,35,36)/b15-9+;13-8+;14-7+. The number of ether oxygens (including phenoxy) is 3. The highest BCUT2D eigenvalue weighted by atomic mass is 16.5. The van der Waals surface area contributed by atoms with Gasteiger partial charge in [-0.05, 0) is 194 Å². The zero-order valence-corrected chi connectivity index (χ0v) is 71.0. The summed E-state index contributed by atoms with van der Waals surface area (Å²) in [4.78, 5) is 76.2. The van der Waals surface area contributed by atoms with Crippen LogP contribution in [0.3, 0.4) is 0 Å². The van der Waals surface area contributed by atoms with E-state index >= 15 is 0 Å². The minimum Gasteiger partial charge on any atom is -0.457 e. The van der Waals surface area contributed by atoms with Crippen molar-refractivity contribution in [1.82, 2.24) is 89.1 Å². The van der Waals surface area contributed by atoms with Crippen LogP contribution in [0.5, 0.6) is 34.5 Å². The number of nitrogens with two attached hydrogens (primary N) is 3. The molecule has 124 heavy (non-hydrogen) atoms. The van der Waals surface area contributed by atoms with Crippen molar-refractivity contribution in [3.05, 3.63) is 219 Å². The molecule has 12 aromatic rings. The number of carbonyl (C=O) groups is 3. The summed E-state index contributed by atoms with van der Waals surface area (Å²) < 4.78 is 23.7. The number of aromatic nitrogens is 12. The van der Waals surface area contributed by atoms with E-state index in [9.17, 15) is 14.4 Å². The Morgan fingerprint density at radius 3 is 1.04 bits per heavy atom. The molecule has 0 bridgehead atoms. The molecule has 0 spiro atoms. The van der Waals surface area contributed by atoms with Crippen molar-refractivity contribution in [3.63, 3.8) is 0 Å². The third kappa shape index (κ3) is 21.0. The predicted molar refractivity (Wildman–Crippen MR) is 486 cm³/mol. The largest absolute Gasteiger partial charge is 0.457 e. The van der Waals surface area contributed by atoms with Crippen molar-refractivity contribution < 1.29 is 28.6 Å². The number of benzene rings is 6. The Morgan fingerprint density at radius 2 is 0.685 bits per heavy atom. The SMILES string of the molecule is CN(C/C=C/C(=O)N1CCC(n2nc(-c3ccc(Oc4ccccc4)cc3)c3c(N)ncnc32)C1)C1CCCCC1.CN(C/C=C/C(=O)N1CCCC(n2nc(-c3ccc(Oc4ccccc4)cc3)c3c(N)ncnc32)C1)C1CCCCC1.Nc1ncnc2c1c(-c1ccc(Oc3ccccc3)cc1)nn2C1CCCN(C(=O)/C=C/CNC2CCCCC2)C1. The second kappa shape index (κ2) is 41.0. The van der Waals surface area contributed by atoms with Crippen LogP contribution in [-0.4, -0.2) is 193 Å². The molecule has 3 amide bonds. The molecule has 18 rings (SSSR count). The number of hydrogen-bond acceptors (Lipinski definition) is 21. The molecule has 6 fully saturated rings. The third-order valence-electron chi connectivity index (χ3n) is 24.9. The van der Waals surface area contributed by atoms with Gasteiger partial charge in [0.1, 0.15) is 88.0 Å². The molecule has 6 aromatic carbocycles. The van der Waals surface area contributed by atoms with Crippen LogP contribution in [0.15, 0.2) is 219 Å². The van der Waals surface area contributed by atoms with Crippen LogP contribution < -0.4 is 36.7 Å². The molecule has 9 heterocycles. The summed E-state index contributed by atoms with van der Waals surface area (Å²) in [5, 5.41) is 20.7. The summed E-state index contributed by atoms with van der Waals surface area (Å²) in [5.74, 6) is 5.83. The summed E-state index contributed by atoms with van der Waals surface area (Å²) in [7, 11) is 4.33. The maximum absolute atomic E-state index is 13.2. The van der Waals surface area contributed by atoms with E-state index in [1.54, 1.807) is 18.2 Å². The minimum atomic E-state index is -0.00718. The number of amides is 3. The van der Waals surface area contributed by atoms with Gasteiger partial charge in [0.05, 0.1) is 34.3 Å². The van der Waals surface area contributed by atoms with Gasteiger partial charge in [-0.2, -0.15) is 15.3 Å². The number of nitrogens with zero attached hydrogens (tertiary/aromatic N) is 17. The molecule has 3 aliphatic heterocycles. The summed E-state index contributed by atoms with van der Waals surface area (Å²) >= 11 is 0. The number of para-hydroxylation sites is 3. The molecule has 6 aliphatic rings. The highest BCUT2D eigenvalue weighted by molar-refractivity contribution is 6.01. The average Bonchev–Trinajstić information content (AvgIpc) is 1.62. The number of fused-ring (bicyclic) bond motifs is 3. The van der Waals surface area contributed by atoms with Gasteiger partial charge in [0.25, 0.3) is 0 Å². The Balaban J connectivity index is 0.000000137. The first kappa shape index (κ1) is 84.9. The van der Waals surface area contributed by atoms with E-state index < -0.39 is 0 Å². The Kier molecular flexibility index (Phi) is 28.0. The van der Waals surface area contributed by atoms with Gasteiger partial charge in [0, 0.05) is 112 Å². The Morgan fingerprint density at radius 1 is 0.371 bits per heavy atom. The number of carbonyl (C=O) groups excluding carboxylic acids is 3. The fraction of sp³-hybridized carbons (Fsp3) is 0.381. The van der Waals surface area contributed by atoms with Crippen molar-refractivity contribution in [2.24, 2.45) is 0 Å². The molecule has 3 aliphatic carbocycles. The fourth-order valence-corrected chi connectivity index (χ4v) is 18.1. The normalized spacial score (nSPS) is 18.2. The first-order valence-corrected chi connectivity index (χ1v) is 44.2. The van der Waals surface area contributed by atoms with Gasteiger partial charge >= 0.3 is 0 Å². The summed E-state index contributed by atoms with van der Waals surface area (Å²) in [6.07, 6.45) is 39.3. The first-order chi connectivity index (χ1) is 60.8. The lowest BCUT2D eigenvalue weighted by atomic mass is 9.94. The molecule has 7 N–H and O–H groups in total. The number of rotatable bonds is 24. The van der Waals surface area contributed by atoms with Crippen LogP contribution >= 0.6 is 0 Å². The Bertz CT molecular complexity index is 5630. The summed E-state index contributed by atoms with van der Waals surface area (Å²) in [6, 6.07) is 54.2. The molecule has 3 saturated carbocycles. The molecule has 27 heteroatoms. The van der Waals surface area contributed by atoms with E-state index in [4.69, 9.17) is 46.7 Å². The van der Waals surface area contributed by atoms with Crippen LogP contribution in [-0.2, 0) is 14.4 Å².